The van der Waals surface area contributed by atoms with Crippen LogP contribution < -0.4 is 11.1 Å². The maximum absolute atomic E-state index is 11.7. The maximum Gasteiger partial charge on any atom is 0.340 e. The van der Waals surface area contributed by atoms with E-state index in [1.807, 2.05) is 0 Å². The van der Waals surface area contributed by atoms with Crippen molar-refractivity contribution in [2.24, 2.45) is 0 Å². The van der Waals surface area contributed by atoms with Crippen molar-refractivity contribution in [2.75, 3.05) is 38.8 Å². The highest BCUT2D eigenvalue weighted by Gasteiger charge is 2.35. The number of carbonyl (C=O) groups excluding carboxylic acids is 1. The average Bonchev–Trinajstić information content (AvgIpc) is 2.95. The Labute approximate surface area is 125 Å². The second kappa shape index (κ2) is 6.30. The quantitative estimate of drug-likeness (QED) is 0.805. The van der Waals surface area contributed by atoms with Crippen molar-refractivity contribution in [1.29, 1.82) is 0 Å². The molecule has 116 valence electrons. The topological polar surface area (TPSA) is 80.5 Å². The Morgan fingerprint density at radius 3 is 2.71 bits per heavy atom. The first kappa shape index (κ1) is 15.6. The summed E-state index contributed by atoms with van der Waals surface area (Å²) in [6.45, 7) is 0.766. The number of ether oxygens (including phenoxy) is 1. The van der Waals surface area contributed by atoms with E-state index >= 15 is 0 Å². The third-order valence-corrected chi connectivity index (χ3v) is 4.46. The van der Waals surface area contributed by atoms with E-state index in [0.717, 1.165) is 19.4 Å². The number of hydrogen-bond donors (Lipinski definition) is 2. The van der Waals surface area contributed by atoms with Gasteiger partial charge in [0.05, 0.1) is 18.4 Å². The molecule has 0 spiro atoms. The molecule has 0 radical (unpaired) electrons. The Balaban J connectivity index is 2.15. The van der Waals surface area contributed by atoms with Gasteiger partial charge < -0.3 is 20.7 Å². The fourth-order valence-electron chi connectivity index (χ4n) is 2.97. The molecule has 0 amide bonds. The van der Waals surface area contributed by atoms with Crippen molar-refractivity contribution in [3.63, 3.8) is 0 Å². The lowest BCUT2D eigenvalue weighted by molar-refractivity contribution is 0.0602. The molecule has 1 aliphatic rings. The average molecular weight is 292 g/mol. The minimum absolute atomic E-state index is 0.134. The summed E-state index contributed by atoms with van der Waals surface area (Å²) in [7, 11) is 5.55. The number of methoxy groups -OCH3 is 1. The van der Waals surface area contributed by atoms with Gasteiger partial charge in [-0.05, 0) is 33.0 Å². The first-order valence-corrected chi connectivity index (χ1v) is 7.24. The molecule has 1 fully saturated rings. The highest BCUT2D eigenvalue weighted by Crippen LogP contribution is 2.34. The van der Waals surface area contributed by atoms with Crippen molar-refractivity contribution < 1.29 is 9.53 Å². The maximum atomic E-state index is 11.7. The third-order valence-electron chi connectivity index (χ3n) is 4.46. The summed E-state index contributed by atoms with van der Waals surface area (Å²) in [6.07, 6.45) is 6.37. The van der Waals surface area contributed by atoms with E-state index in [0.29, 0.717) is 17.1 Å². The number of anilines is 2. The molecular weight excluding hydrogens is 268 g/mol. The van der Waals surface area contributed by atoms with Gasteiger partial charge in [-0.1, -0.05) is 12.8 Å². The van der Waals surface area contributed by atoms with Crippen molar-refractivity contribution in [3.05, 3.63) is 17.8 Å². The summed E-state index contributed by atoms with van der Waals surface area (Å²) >= 11 is 0. The molecule has 0 atom stereocenters. The number of nitrogens with one attached hydrogen (secondary N) is 1. The number of likely N-dealkylation sites (N-methyl/N-ethyl adjacent to an activating group) is 1. The van der Waals surface area contributed by atoms with Crippen molar-refractivity contribution in [1.82, 2.24) is 9.88 Å². The fourth-order valence-corrected chi connectivity index (χ4v) is 2.97. The van der Waals surface area contributed by atoms with Gasteiger partial charge >= 0.3 is 5.97 Å². The molecule has 6 nitrogen and oxygen atoms in total. The van der Waals surface area contributed by atoms with Gasteiger partial charge in [0.2, 0.25) is 0 Å². The van der Waals surface area contributed by atoms with E-state index in [-0.39, 0.29) is 5.54 Å². The van der Waals surface area contributed by atoms with Crippen LogP contribution in [0, 0.1) is 0 Å². The monoisotopic (exact) mass is 292 g/mol. The number of esters is 1. The third kappa shape index (κ3) is 3.10. The van der Waals surface area contributed by atoms with Crippen LogP contribution in [0.2, 0.25) is 0 Å². The smallest absolute Gasteiger partial charge is 0.340 e. The second-order valence-corrected chi connectivity index (χ2v) is 5.79. The first-order chi connectivity index (χ1) is 10.00. The normalized spacial score (nSPS) is 17.0. The Kier molecular flexibility index (Phi) is 4.67. The molecule has 1 aliphatic carbocycles. The Hall–Kier alpha value is -1.82. The molecular formula is C15H24N4O2. The van der Waals surface area contributed by atoms with Gasteiger partial charge in [-0.25, -0.2) is 9.78 Å². The van der Waals surface area contributed by atoms with Crippen molar-refractivity contribution in [2.45, 2.75) is 31.2 Å². The van der Waals surface area contributed by atoms with E-state index in [9.17, 15) is 4.79 Å². The molecule has 1 saturated carbocycles. The van der Waals surface area contributed by atoms with Gasteiger partial charge in [0.1, 0.15) is 5.82 Å². The zero-order valence-electron chi connectivity index (χ0n) is 13.0. The SMILES string of the molecule is COC(=O)c1ccnc(NCC2(N(C)C)CCCC2)c1N. The molecule has 0 bridgehead atoms. The zero-order chi connectivity index (χ0) is 15.5. The number of pyridine rings is 1. The van der Waals surface area contributed by atoms with Gasteiger partial charge in [-0.3, -0.25) is 0 Å². The van der Waals surface area contributed by atoms with Crippen LogP contribution >= 0.6 is 0 Å². The fraction of sp³-hybridized carbons (Fsp3) is 0.600. The molecule has 0 saturated heterocycles. The summed E-state index contributed by atoms with van der Waals surface area (Å²) in [6, 6.07) is 1.57. The van der Waals surface area contributed by atoms with Gasteiger partial charge in [0.25, 0.3) is 0 Å². The lowest BCUT2D eigenvalue weighted by Gasteiger charge is -2.36. The molecule has 1 aromatic heterocycles. The lowest BCUT2D eigenvalue weighted by atomic mass is 9.96. The molecule has 3 N–H and O–H groups in total. The van der Waals surface area contributed by atoms with Gasteiger partial charge in [-0.15, -0.1) is 0 Å². The van der Waals surface area contributed by atoms with Crippen LogP contribution in [0.5, 0.6) is 0 Å². The minimum atomic E-state index is -0.443. The van der Waals surface area contributed by atoms with E-state index < -0.39 is 5.97 Å². The largest absolute Gasteiger partial charge is 0.465 e. The zero-order valence-corrected chi connectivity index (χ0v) is 13.0. The standard InChI is InChI=1S/C15H24N4O2/c1-19(2)15(7-4-5-8-15)10-18-13-12(16)11(6-9-17-13)14(20)21-3/h6,9H,4-5,7-8,10,16H2,1-3H3,(H,17,18). The van der Waals surface area contributed by atoms with Crippen LogP contribution in [0.25, 0.3) is 0 Å². The molecule has 21 heavy (non-hydrogen) atoms. The number of hydrogen-bond acceptors (Lipinski definition) is 6. The number of nitrogens with two attached hydrogens (primary N) is 1. The molecule has 1 heterocycles. The van der Waals surface area contributed by atoms with Crippen molar-refractivity contribution >= 4 is 17.5 Å². The lowest BCUT2D eigenvalue weighted by Crippen LogP contribution is -2.47. The predicted octanol–water partition coefficient (Wildman–Crippen LogP) is 1.74. The van der Waals surface area contributed by atoms with Gasteiger partial charge in [-0.2, -0.15) is 0 Å². The first-order valence-electron chi connectivity index (χ1n) is 7.24. The van der Waals surface area contributed by atoms with Crippen molar-refractivity contribution in [3.8, 4) is 0 Å². The molecule has 0 aromatic carbocycles. The number of nitrogen functional groups attached to an aromatic ring is 1. The predicted molar refractivity (Wildman–Crippen MR) is 83.4 cm³/mol. The van der Waals surface area contributed by atoms with Crippen LogP contribution in [0.4, 0.5) is 11.5 Å². The van der Waals surface area contributed by atoms with Crippen LogP contribution in [-0.2, 0) is 4.74 Å². The summed E-state index contributed by atoms with van der Waals surface area (Å²) in [4.78, 5) is 18.2. The van der Waals surface area contributed by atoms with Crippen LogP contribution in [0.15, 0.2) is 12.3 Å². The molecule has 0 unspecified atom stereocenters. The molecule has 2 rings (SSSR count). The Bertz CT molecular complexity index is 510. The summed E-state index contributed by atoms with van der Waals surface area (Å²) < 4.78 is 4.73. The number of aromatic nitrogens is 1. The van der Waals surface area contributed by atoms with Gasteiger partial charge in [0, 0.05) is 18.3 Å². The number of carbonyl (C=O) groups is 1. The van der Waals surface area contributed by atoms with Crippen LogP contribution in [0.1, 0.15) is 36.0 Å². The molecule has 0 aliphatic heterocycles. The summed E-state index contributed by atoms with van der Waals surface area (Å²) in [5.41, 5.74) is 6.85. The van der Waals surface area contributed by atoms with Gasteiger partial charge in [0.15, 0.2) is 0 Å². The molecule has 6 heteroatoms. The summed E-state index contributed by atoms with van der Waals surface area (Å²) in [5.74, 6) is 0.104. The molecule has 1 aromatic rings. The minimum Gasteiger partial charge on any atom is -0.465 e. The van der Waals surface area contributed by atoms with E-state index in [1.54, 1.807) is 12.3 Å². The number of nitrogens with zero attached hydrogens (tertiary/aromatic N) is 2. The Morgan fingerprint density at radius 1 is 1.48 bits per heavy atom. The number of rotatable bonds is 5. The highest BCUT2D eigenvalue weighted by atomic mass is 16.5. The van der Waals surface area contributed by atoms with Crippen LogP contribution in [0.3, 0.4) is 0 Å². The second-order valence-electron chi connectivity index (χ2n) is 5.79. The van der Waals surface area contributed by atoms with E-state index in [2.05, 4.69) is 29.3 Å². The Morgan fingerprint density at radius 2 is 2.14 bits per heavy atom. The van der Waals surface area contributed by atoms with E-state index in [4.69, 9.17) is 10.5 Å². The van der Waals surface area contributed by atoms with Crippen LogP contribution in [-0.4, -0.2) is 49.1 Å². The summed E-state index contributed by atoms with van der Waals surface area (Å²) in [5, 5.41) is 3.31. The highest BCUT2D eigenvalue weighted by molar-refractivity contribution is 5.97. The van der Waals surface area contributed by atoms with E-state index in [1.165, 1.54) is 20.0 Å².